The molecule has 0 saturated carbocycles. The lowest BCUT2D eigenvalue weighted by Gasteiger charge is -2.15. The van der Waals surface area contributed by atoms with Gasteiger partial charge in [-0.15, -0.1) is 0 Å². The van der Waals surface area contributed by atoms with Crippen LogP contribution in [-0.2, 0) is 0 Å². The third-order valence-electron chi connectivity index (χ3n) is 2.90. The fraction of sp³-hybridized carbons (Fsp3) is 0.615. The van der Waals surface area contributed by atoms with Crippen LogP contribution in [0.4, 0.5) is 5.82 Å². The summed E-state index contributed by atoms with van der Waals surface area (Å²) in [6.07, 6.45) is 6.65. The van der Waals surface area contributed by atoms with Gasteiger partial charge >= 0.3 is 0 Å². The number of aryl methyl sites for hydroxylation is 1. The topological polar surface area (TPSA) is 59.1 Å². The molecule has 3 N–H and O–H groups in total. The maximum Gasteiger partial charge on any atom is 0.129 e. The molecule has 1 aromatic heterocycles. The van der Waals surface area contributed by atoms with Gasteiger partial charge in [-0.05, 0) is 25.0 Å². The van der Waals surface area contributed by atoms with Crippen molar-refractivity contribution in [3.05, 3.63) is 23.4 Å². The Morgan fingerprint density at radius 1 is 1.38 bits per heavy atom. The van der Waals surface area contributed by atoms with E-state index in [0.717, 1.165) is 24.0 Å². The molecule has 0 bridgehead atoms. The van der Waals surface area contributed by atoms with E-state index in [1.807, 2.05) is 13.0 Å². The van der Waals surface area contributed by atoms with Crippen LogP contribution in [0, 0.1) is 6.92 Å². The van der Waals surface area contributed by atoms with E-state index in [1.165, 1.54) is 19.3 Å². The molecule has 0 fully saturated rings. The molecule has 1 rings (SSSR count). The van der Waals surface area contributed by atoms with E-state index in [9.17, 15) is 5.11 Å². The second kappa shape index (κ2) is 6.48. The number of rotatable bonds is 6. The molecule has 0 radical (unpaired) electrons. The van der Waals surface area contributed by atoms with E-state index in [4.69, 9.17) is 5.73 Å². The highest BCUT2D eigenvalue weighted by Crippen LogP contribution is 2.26. The van der Waals surface area contributed by atoms with Gasteiger partial charge in [-0.2, -0.15) is 0 Å². The maximum absolute atomic E-state index is 10.1. The summed E-state index contributed by atoms with van der Waals surface area (Å²) in [5.74, 6) is 0.461. The second-order valence-corrected chi connectivity index (χ2v) is 4.29. The number of anilines is 1. The number of nitrogens with zero attached hydrogens (tertiary/aromatic N) is 1. The molecule has 0 aromatic carbocycles. The first-order valence-corrected chi connectivity index (χ1v) is 6.05. The predicted octanol–water partition coefficient (Wildman–Crippen LogP) is 2.98. The van der Waals surface area contributed by atoms with Gasteiger partial charge in [0.15, 0.2) is 0 Å². The van der Waals surface area contributed by atoms with Crippen LogP contribution in [0.5, 0.6) is 0 Å². The maximum atomic E-state index is 10.1. The normalized spacial score (nSPS) is 12.7. The monoisotopic (exact) mass is 222 g/mol. The minimum Gasteiger partial charge on any atom is -0.388 e. The molecule has 1 heterocycles. The zero-order valence-corrected chi connectivity index (χ0v) is 10.2. The molecular weight excluding hydrogens is 200 g/mol. The van der Waals surface area contributed by atoms with Crippen molar-refractivity contribution in [1.82, 2.24) is 4.98 Å². The number of unbranched alkanes of at least 4 members (excludes halogenated alkanes) is 3. The summed E-state index contributed by atoms with van der Waals surface area (Å²) < 4.78 is 0. The highest BCUT2D eigenvalue weighted by molar-refractivity contribution is 5.45. The van der Waals surface area contributed by atoms with Gasteiger partial charge in [0, 0.05) is 11.8 Å². The molecule has 0 saturated heterocycles. The van der Waals surface area contributed by atoms with Crippen LogP contribution in [0.25, 0.3) is 0 Å². The molecule has 1 aromatic rings. The van der Waals surface area contributed by atoms with E-state index < -0.39 is 6.10 Å². The third kappa shape index (κ3) is 3.49. The standard InChI is InChI=1S/C13H22N2O/c1-3-4-5-6-7-11(16)12-10(2)8-9-15-13(12)14/h8-9,11,16H,3-7H2,1-2H3,(H2,14,15). The average Bonchev–Trinajstić information content (AvgIpc) is 2.24. The highest BCUT2D eigenvalue weighted by Gasteiger charge is 2.13. The van der Waals surface area contributed by atoms with Gasteiger partial charge in [0.05, 0.1) is 6.10 Å². The van der Waals surface area contributed by atoms with E-state index in [-0.39, 0.29) is 0 Å². The minimum absolute atomic E-state index is 0.461. The lowest BCUT2D eigenvalue weighted by Crippen LogP contribution is -2.06. The molecule has 3 nitrogen and oxygen atoms in total. The van der Waals surface area contributed by atoms with Crippen molar-refractivity contribution in [3.8, 4) is 0 Å². The van der Waals surface area contributed by atoms with Gasteiger partial charge in [-0.3, -0.25) is 0 Å². The first-order chi connectivity index (χ1) is 7.66. The molecule has 0 aliphatic rings. The zero-order chi connectivity index (χ0) is 12.0. The number of aliphatic hydroxyl groups is 1. The largest absolute Gasteiger partial charge is 0.388 e. The van der Waals surface area contributed by atoms with Crippen LogP contribution in [0.1, 0.15) is 56.3 Å². The van der Waals surface area contributed by atoms with Crippen LogP contribution in [-0.4, -0.2) is 10.1 Å². The smallest absolute Gasteiger partial charge is 0.129 e. The van der Waals surface area contributed by atoms with E-state index in [1.54, 1.807) is 6.20 Å². The fourth-order valence-corrected chi connectivity index (χ4v) is 1.93. The number of hydrogen-bond acceptors (Lipinski definition) is 3. The Morgan fingerprint density at radius 2 is 2.12 bits per heavy atom. The van der Waals surface area contributed by atoms with Crippen LogP contribution < -0.4 is 5.73 Å². The molecule has 0 aliphatic carbocycles. The number of nitrogen functional groups attached to an aromatic ring is 1. The van der Waals surface area contributed by atoms with Crippen LogP contribution in [0.3, 0.4) is 0 Å². The lowest BCUT2D eigenvalue weighted by atomic mass is 9.99. The van der Waals surface area contributed by atoms with Crippen molar-refractivity contribution >= 4 is 5.82 Å². The summed E-state index contributed by atoms with van der Waals surface area (Å²) in [4.78, 5) is 4.02. The Morgan fingerprint density at radius 3 is 2.75 bits per heavy atom. The number of aliphatic hydroxyl groups excluding tert-OH is 1. The SMILES string of the molecule is CCCCCCC(O)c1c(C)ccnc1N. The Hall–Kier alpha value is -1.09. The number of nitrogens with two attached hydrogens (primary N) is 1. The van der Waals surface area contributed by atoms with E-state index >= 15 is 0 Å². The van der Waals surface area contributed by atoms with Gasteiger partial charge in [-0.1, -0.05) is 32.6 Å². The summed E-state index contributed by atoms with van der Waals surface area (Å²) in [5, 5.41) is 10.1. The quantitative estimate of drug-likeness (QED) is 0.727. The molecule has 3 heteroatoms. The van der Waals surface area contributed by atoms with Crippen molar-refractivity contribution in [2.24, 2.45) is 0 Å². The van der Waals surface area contributed by atoms with Gasteiger partial charge in [0.2, 0.25) is 0 Å². The highest BCUT2D eigenvalue weighted by atomic mass is 16.3. The summed E-state index contributed by atoms with van der Waals surface area (Å²) in [5.41, 5.74) is 7.61. The molecule has 90 valence electrons. The van der Waals surface area contributed by atoms with Gasteiger partial charge < -0.3 is 10.8 Å². The Bertz CT molecular complexity index is 305. The zero-order valence-electron chi connectivity index (χ0n) is 10.2. The number of aromatic nitrogens is 1. The summed E-state index contributed by atoms with van der Waals surface area (Å²) in [7, 11) is 0. The van der Waals surface area contributed by atoms with Gasteiger partial charge in [0.1, 0.15) is 5.82 Å². The predicted molar refractivity (Wildman–Crippen MR) is 67.1 cm³/mol. The molecule has 16 heavy (non-hydrogen) atoms. The van der Waals surface area contributed by atoms with Gasteiger partial charge in [-0.25, -0.2) is 4.98 Å². The molecule has 0 spiro atoms. The molecule has 1 atom stereocenters. The number of hydrogen-bond donors (Lipinski definition) is 2. The van der Waals surface area contributed by atoms with Crippen molar-refractivity contribution < 1.29 is 5.11 Å². The van der Waals surface area contributed by atoms with Crippen molar-refractivity contribution in [3.63, 3.8) is 0 Å². The molecule has 0 aliphatic heterocycles. The molecule has 0 amide bonds. The Labute approximate surface area is 97.7 Å². The number of pyridine rings is 1. The van der Waals surface area contributed by atoms with Crippen molar-refractivity contribution in [1.29, 1.82) is 0 Å². The summed E-state index contributed by atoms with van der Waals surface area (Å²) >= 11 is 0. The van der Waals surface area contributed by atoms with Crippen LogP contribution in [0.2, 0.25) is 0 Å². The van der Waals surface area contributed by atoms with E-state index in [2.05, 4.69) is 11.9 Å². The second-order valence-electron chi connectivity index (χ2n) is 4.29. The average molecular weight is 222 g/mol. The lowest BCUT2D eigenvalue weighted by molar-refractivity contribution is 0.163. The van der Waals surface area contributed by atoms with Gasteiger partial charge in [0.25, 0.3) is 0 Å². The third-order valence-corrected chi connectivity index (χ3v) is 2.90. The molecular formula is C13H22N2O. The minimum atomic E-state index is -0.467. The first kappa shape index (κ1) is 13.0. The van der Waals surface area contributed by atoms with Crippen LogP contribution in [0.15, 0.2) is 12.3 Å². The van der Waals surface area contributed by atoms with Crippen molar-refractivity contribution in [2.75, 3.05) is 5.73 Å². The summed E-state index contributed by atoms with van der Waals surface area (Å²) in [6.45, 7) is 4.14. The van der Waals surface area contributed by atoms with E-state index in [0.29, 0.717) is 5.82 Å². The van der Waals surface area contributed by atoms with Crippen molar-refractivity contribution in [2.45, 2.75) is 52.1 Å². The summed E-state index contributed by atoms with van der Waals surface area (Å²) in [6, 6.07) is 1.89. The Balaban J connectivity index is 2.55. The van der Waals surface area contributed by atoms with Crippen LogP contribution >= 0.6 is 0 Å². The Kier molecular flexibility index (Phi) is 5.26. The molecule has 1 unspecified atom stereocenters. The first-order valence-electron chi connectivity index (χ1n) is 6.05. The fourth-order valence-electron chi connectivity index (χ4n) is 1.93.